The van der Waals surface area contributed by atoms with Crippen LogP contribution in [0.25, 0.3) is 0 Å². The minimum atomic E-state index is -1.05. The second-order valence-corrected chi connectivity index (χ2v) is 6.49. The van der Waals surface area contributed by atoms with Crippen molar-refractivity contribution in [3.63, 3.8) is 0 Å². The van der Waals surface area contributed by atoms with Gasteiger partial charge in [-0.05, 0) is 27.2 Å². The van der Waals surface area contributed by atoms with Crippen LogP contribution in [-0.2, 0) is 14.3 Å². The lowest BCUT2D eigenvalue weighted by molar-refractivity contribution is -0.150. The van der Waals surface area contributed by atoms with Crippen LogP contribution >= 0.6 is 0 Å². The van der Waals surface area contributed by atoms with Crippen molar-refractivity contribution in [1.29, 1.82) is 0 Å². The van der Waals surface area contributed by atoms with E-state index >= 15 is 0 Å². The molecule has 1 fully saturated rings. The van der Waals surface area contributed by atoms with Crippen LogP contribution in [0.2, 0.25) is 0 Å². The molecule has 0 aromatic carbocycles. The fourth-order valence-electron chi connectivity index (χ4n) is 2.37. The Balaban J connectivity index is 2.85. The van der Waals surface area contributed by atoms with Gasteiger partial charge in [0, 0.05) is 13.1 Å². The molecule has 0 unspecified atom stereocenters. The Morgan fingerprint density at radius 1 is 1.32 bits per heavy atom. The summed E-state index contributed by atoms with van der Waals surface area (Å²) >= 11 is 0. The molecule has 0 spiro atoms. The van der Waals surface area contributed by atoms with Crippen LogP contribution in [-0.4, -0.2) is 64.2 Å². The van der Waals surface area contributed by atoms with Crippen LogP contribution in [0.1, 0.15) is 47.0 Å². The molecule has 1 saturated heterocycles. The molecular weight excluding hydrogens is 288 g/mol. The minimum absolute atomic E-state index is 0.215. The largest absolute Gasteiger partial charge is 0.480 e. The summed E-state index contributed by atoms with van der Waals surface area (Å²) in [6, 6.07) is -0.636. The van der Waals surface area contributed by atoms with Crippen molar-refractivity contribution in [3.8, 4) is 0 Å². The summed E-state index contributed by atoms with van der Waals surface area (Å²) in [5.74, 6) is -1.36. The Bertz CT molecular complexity index is 430. The minimum Gasteiger partial charge on any atom is -0.480 e. The average Bonchev–Trinajstić information content (AvgIpc) is 2.37. The van der Waals surface area contributed by atoms with E-state index in [1.165, 1.54) is 9.80 Å². The lowest BCUT2D eigenvalue weighted by Gasteiger charge is -2.40. The van der Waals surface area contributed by atoms with Gasteiger partial charge in [-0.25, -0.2) is 4.79 Å². The predicted octanol–water partition coefficient (Wildman–Crippen LogP) is 1.71. The fourth-order valence-corrected chi connectivity index (χ4v) is 2.37. The number of hydrogen-bond acceptors (Lipinski definition) is 4. The molecule has 2 amide bonds. The lowest BCUT2D eigenvalue weighted by Crippen LogP contribution is -2.60. The van der Waals surface area contributed by atoms with Crippen LogP contribution in [0, 0.1) is 0 Å². The van der Waals surface area contributed by atoms with Crippen LogP contribution in [0.5, 0.6) is 0 Å². The number of nitrogens with zero attached hydrogens (tertiary/aromatic N) is 2. The quantitative estimate of drug-likeness (QED) is 0.834. The molecule has 22 heavy (non-hydrogen) atoms. The Kier molecular flexibility index (Phi) is 6.20. The maximum Gasteiger partial charge on any atom is 0.411 e. The van der Waals surface area contributed by atoms with E-state index in [9.17, 15) is 14.4 Å². The first-order valence-electron chi connectivity index (χ1n) is 7.66. The number of aliphatic carboxylic acids is 1. The van der Waals surface area contributed by atoms with Crippen molar-refractivity contribution in [2.24, 2.45) is 0 Å². The molecule has 0 aromatic rings. The zero-order valence-corrected chi connectivity index (χ0v) is 13.8. The van der Waals surface area contributed by atoms with E-state index in [-0.39, 0.29) is 19.0 Å². The predicted molar refractivity (Wildman–Crippen MR) is 80.5 cm³/mol. The molecule has 1 N–H and O–H groups in total. The monoisotopic (exact) mass is 314 g/mol. The van der Waals surface area contributed by atoms with Gasteiger partial charge in [0.2, 0.25) is 5.91 Å². The zero-order valence-electron chi connectivity index (χ0n) is 13.8. The standard InChI is InChI=1S/C15H26N2O5/c1-5-6-7-11-13(20)16(10-12(18)19)8-9-17(11)14(21)22-15(2,3)4/h11H,5-10H2,1-4H3,(H,18,19)/t11-/m0/s1. The van der Waals surface area contributed by atoms with Gasteiger partial charge in [-0.15, -0.1) is 0 Å². The van der Waals surface area contributed by atoms with Crippen molar-refractivity contribution in [1.82, 2.24) is 9.80 Å². The van der Waals surface area contributed by atoms with Gasteiger partial charge in [-0.2, -0.15) is 0 Å². The summed E-state index contributed by atoms with van der Waals surface area (Å²) in [5, 5.41) is 8.87. The number of unbranched alkanes of at least 4 members (excludes halogenated alkanes) is 1. The normalized spacial score (nSPS) is 19.3. The van der Waals surface area contributed by atoms with E-state index in [1.54, 1.807) is 20.8 Å². The Labute approximate surface area is 131 Å². The average molecular weight is 314 g/mol. The van der Waals surface area contributed by atoms with Gasteiger partial charge in [0.1, 0.15) is 18.2 Å². The molecular formula is C15H26N2O5. The topological polar surface area (TPSA) is 87.2 Å². The number of carboxylic acid groups (broad SMARTS) is 1. The molecule has 1 heterocycles. The third-order valence-corrected chi connectivity index (χ3v) is 3.37. The summed E-state index contributed by atoms with van der Waals surface area (Å²) < 4.78 is 5.35. The molecule has 0 radical (unpaired) electrons. The molecule has 7 heteroatoms. The highest BCUT2D eigenvalue weighted by Crippen LogP contribution is 2.20. The number of rotatable bonds is 5. The molecule has 0 aromatic heterocycles. The fraction of sp³-hybridized carbons (Fsp3) is 0.800. The van der Waals surface area contributed by atoms with Gasteiger partial charge in [0.05, 0.1) is 0 Å². The first kappa shape index (κ1) is 18.3. The third kappa shape index (κ3) is 5.20. The van der Waals surface area contributed by atoms with Crippen LogP contribution < -0.4 is 0 Å². The van der Waals surface area contributed by atoms with Crippen molar-refractivity contribution >= 4 is 18.0 Å². The molecule has 0 bridgehead atoms. The highest BCUT2D eigenvalue weighted by Gasteiger charge is 2.39. The van der Waals surface area contributed by atoms with Gasteiger partial charge in [-0.3, -0.25) is 14.5 Å². The summed E-state index contributed by atoms with van der Waals surface area (Å²) in [5.41, 5.74) is -0.631. The number of ether oxygens (including phenoxy) is 1. The van der Waals surface area contributed by atoms with Crippen molar-refractivity contribution < 1.29 is 24.2 Å². The van der Waals surface area contributed by atoms with Gasteiger partial charge in [0.15, 0.2) is 0 Å². The third-order valence-electron chi connectivity index (χ3n) is 3.37. The molecule has 7 nitrogen and oxygen atoms in total. The SMILES string of the molecule is CCCC[C@H]1C(=O)N(CC(=O)O)CCN1C(=O)OC(C)(C)C. The second-order valence-electron chi connectivity index (χ2n) is 6.49. The van der Waals surface area contributed by atoms with Crippen LogP contribution in [0.3, 0.4) is 0 Å². The van der Waals surface area contributed by atoms with Crippen molar-refractivity contribution in [2.75, 3.05) is 19.6 Å². The molecule has 1 atom stereocenters. The van der Waals surface area contributed by atoms with Crippen molar-refractivity contribution in [3.05, 3.63) is 0 Å². The number of hydrogen-bond donors (Lipinski definition) is 1. The maximum atomic E-state index is 12.5. The molecule has 0 saturated carbocycles. The van der Waals surface area contributed by atoms with Gasteiger partial charge in [-0.1, -0.05) is 19.8 Å². The van der Waals surface area contributed by atoms with E-state index in [4.69, 9.17) is 9.84 Å². The first-order chi connectivity index (χ1) is 10.2. The van der Waals surface area contributed by atoms with E-state index in [0.29, 0.717) is 13.0 Å². The maximum absolute atomic E-state index is 12.5. The number of carboxylic acids is 1. The number of piperazine rings is 1. The van der Waals surface area contributed by atoms with Crippen molar-refractivity contribution in [2.45, 2.75) is 58.6 Å². The Morgan fingerprint density at radius 3 is 2.45 bits per heavy atom. The number of amides is 2. The highest BCUT2D eigenvalue weighted by molar-refractivity contribution is 5.89. The van der Waals surface area contributed by atoms with Gasteiger partial charge < -0.3 is 14.7 Å². The zero-order chi connectivity index (χ0) is 16.9. The Morgan fingerprint density at radius 2 is 1.95 bits per heavy atom. The lowest BCUT2D eigenvalue weighted by atomic mass is 10.0. The summed E-state index contributed by atoms with van der Waals surface area (Å²) in [7, 11) is 0. The van der Waals surface area contributed by atoms with Gasteiger partial charge in [0.25, 0.3) is 0 Å². The van der Waals surface area contributed by atoms with E-state index in [1.807, 2.05) is 6.92 Å². The van der Waals surface area contributed by atoms with E-state index in [2.05, 4.69) is 0 Å². The Hall–Kier alpha value is -1.79. The first-order valence-corrected chi connectivity index (χ1v) is 7.66. The van der Waals surface area contributed by atoms with E-state index < -0.39 is 23.7 Å². The van der Waals surface area contributed by atoms with E-state index in [0.717, 1.165) is 12.8 Å². The van der Waals surface area contributed by atoms with Crippen LogP contribution in [0.4, 0.5) is 4.79 Å². The highest BCUT2D eigenvalue weighted by atomic mass is 16.6. The molecule has 1 rings (SSSR count). The molecule has 1 aliphatic heterocycles. The number of carbonyl (C=O) groups excluding carboxylic acids is 2. The van der Waals surface area contributed by atoms with Gasteiger partial charge >= 0.3 is 12.1 Å². The second kappa shape index (κ2) is 7.47. The smallest absolute Gasteiger partial charge is 0.411 e. The van der Waals surface area contributed by atoms with Crippen LogP contribution in [0.15, 0.2) is 0 Å². The summed E-state index contributed by atoms with van der Waals surface area (Å²) in [6.45, 7) is 7.50. The molecule has 126 valence electrons. The molecule has 1 aliphatic rings. The molecule has 0 aliphatic carbocycles. The summed E-state index contributed by atoms with van der Waals surface area (Å²) in [6.07, 6.45) is 1.68. The summed E-state index contributed by atoms with van der Waals surface area (Å²) in [4.78, 5) is 38.3. The number of carbonyl (C=O) groups is 3.